The van der Waals surface area contributed by atoms with E-state index in [1.54, 1.807) is 18.2 Å². The van der Waals surface area contributed by atoms with Crippen molar-refractivity contribution in [1.29, 1.82) is 0 Å². The Morgan fingerprint density at radius 2 is 1.48 bits per heavy atom. The maximum atomic E-state index is 13.5. The minimum atomic E-state index is -2.34. The van der Waals surface area contributed by atoms with Crippen LogP contribution < -0.4 is 4.74 Å². The monoisotopic (exact) mass is 328 g/mol. The summed E-state index contributed by atoms with van der Waals surface area (Å²) in [4.78, 5) is 15.8. The fourth-order valence-electron chi connectivity index (χ4n) is 1.92. The first-order valence-corrected chi connectivity index (χ1v) is 6.07. The Labute approximate surface area is 124 Å². The first-order valence-electron chi connectivity index (χ1n) is 6.07. The van der Waals surface area contributed by atoms with Crippen LogP contribution in [0.3, 0.4) is 0 Å². The van der Waals surface area contributed by atoms with Crippen LogP contribution in [0.25, 0.3) is 11.0 Å². The minimum Gasteiger partial charge on any atom is -0.403 e. The van der Waals surface area contributed by atoms with Crippen LogP contribution in [0.5, 0.6) is 5.75 Å². The van der Waals surface area contributed by atoms with E-state index in [2.05, 4.69) is 9.72 Å². The second kappa shape index (κ2) is 5.34. The Kier molecular flexibility index (Phi) is 3.47. The van der Waals surface area contributed by atoms with Crippen LogP contribution in [-0.2, 0) is 0 Å². The molecular weight excluding hydrogens is 323 g/mol. The maximum absolute atomic E-state index is 13.5. The standard InChI is InChI=1S/C14H5F5N2O2/c15-8-9(16)11(18)13(12(19)10(8)17)23-14(22)21-5-20-6-3-1-2-4-7(6)21/h1-5H. The molecule has 4 nitrogen and oxygen atoms in total. The number of benzene rings is 2. The Hall–Kier alpha value is -2.97. The highest BCUT2D eigenvalue weighted by Crippen LogP contribution is 2.29. The van der Waals surface area contributed by atoms with Gasteiger partial charge in [-0.15, -0.1) is 0 Å². The number of aromatic nitrogens is 2. The Morgan fingerprint density at radius 1 is 0.913 bits per heavy atom. The molecule has 3 rings (SSSR count). The van der Waals surface area contributed by atoms with Crippen molar-refractivity contribution in [2.75, 3.05) is 0 Å². The molecule has 23 heavy (non-hydrogen) atoms. The summed E-state index contributed by atoms with van der Waals surface area (Å²) in [6, 6.07) is 6.21. The van der Waals surface area contributed by atoms with Gasteiger partial charge < -0.3 is 4.74 Å². The van der Waals surface area contributed by atoms with E-state index in [-0.39, 0.29) is 5.52 Å². The average molecular weight is 328 g/mol. The second-order valence-electron chi connectivity index (χ2n) is 4.37. The molecule has 0 bridgehead atoms. The molecule has 3 aromatic rings. The predicted octanol–water partition coefficient (Wildman–Crippen LogP) is 3.78. The highest BCUT2D eigenvalue weighted by molar-refractivity contribution is 5.87. The number of imidazole rings is 1. The van der Waals surface area contributed by atoms with E-state index in [1.807, 2.05) is 0 Å². The number of halogens is 5. The van der Waals surface area contributed by atoms with Crippen LogP contribution in [0, 0.1) is 29.1 Å². The predicted molar refractivity (Wildman–Crippen MR) is 67.4 cm³/mol. The molecule has 1 heterocycles. The molecule has 0 spiro atoms. The number of carbonyl (C=O) groups is 1. The van der Waals surface area contributed by atoms with Crippen LogP contribution >= 0.6 is 0 Å². The zero-order valence-electron chi connectivity index (χ0n) is 11.0. The number of ether oxygens (including phenoxy) is 1. The molecule has 2 aromatic carbocycles. The van der Waals surface area contributed by atoms with Crippen molar-refractivity contribution in [3.05, 3.63) is 59.7 Å². The molecule has 0 unspecified atom stereocenters. The molecule has 0 fully saturated rings. The van der Waals surface area contributed by atoms with Crippen LogP contribution in [0.4, 0.5) is 26.7 Å². The number of para-hydroxylation sites is 2. The lowest BCUT2D eigenvalue weighted by molar-refractivity contribution is 0.196. The van der Waals surface area contributed by atoms with E-state index in [1.165, 1.54) is 6.07 Å². The number of hydrogen-bond donors (Lipinski definition) is 0. The van der Waals surface area contributed by atoms with Gasteiger partial charge in [-0.2, -0.15) is 8.78 Å². The van der Waals surface area contributed by atoms with Gasteiger partial charge in [0.15, 0.2) is 0 Å². The fraction of sp³-hybridized carbons (Fsp3) is 0. The van der Waals surface area contributed by atoms with Crippen molar-refractivity contribution in [3.63, 3.8) is 0 Å². The average Bonchev–Trinajstić information content (AvgIpc) is 2.99. The van der Waals surface area contributed by atoms with Crippen molar-refractivity contribution in [2.24, 2.45) is 0 Å². The third-order valence-electron chi connectivity index (χ3n) is 3.01. The maximum Gasteiger partial charge on any atom is 0.425 e. The third-order valence-corrected chi connectivity index (χ3v) is 3.01. The fourth-order valence-corrected chi connectivity index (χ4v) is 1.92. The highest BCUT2D eigenvalue weighted by atomic mass is 19.2. The van der Waals surface area contributed by atoms with Gasteiger partial charge in [-0.1, -0.05) is 12.1 Å². The lowest BCUT2D eigenvalue weighted by atomic mass is 10.2. The summed E-state index contributed by atoms with van der Waals surface area (Å²) in [6.07, 6.45) is -0.374. The smallest absolute Gasteiger partial charge is 0.403 e. The number of nitrogens with zero attached hydrogens (tertiary/aromatic N) is 2. The van der Waals surface area contributed by atoms with Gasteiger partial charge in [0.05, 0.1) is 11.0 Å². The highest BCUT2D eigenvalue weighted by Gasteiger charge is 2.29. The van der Waals surface area contributed by atoms with Gasteiger partial charge in [0, 0.05) is 0 Å². The summed E-state index contributed by atoms with van der Waals surface area (Å²) in [6.45, 7) is 0. The molecular formula is C14H5F5N2O2. The minimum absolute atomic E-state index is 0.237. The normalized spacial score (nSPS) is 11.0. The zero-order chi connectivity index (χ0) is 16.7. The van der Waals surface area contributed by atoms with Crippen LogP contribution in [-0.4, -0.2) is 15.6 Å². The second-order valence-corrected chi connectivity index (χ2v) is 4.37. The van der Waals surface area contributed by atoms with Crippen molar-refractivity contribution in [2.45, 2.75) is 0 Å². The molecule has 1 aromatic heterocycles. The number of carbonyl (C=O) groups excluding carboxylic acids is 1. The van der Waals surface area contributed by atoms with Crippen molar-refractivity contribution in [3.8, 4) is 5.75 Å². The lowest BCUT2D eigenvalue weighted by Gasteiger charge is -2.09. The van der Waals surface area contributed by atoms with Crippen LogP contribution in [0.2, 0.25) is 0 Å². The first-order chi connectivity index (χ1) is 10.9. The molecule has 118 valence electrons. The molecule has 0 N–H and O–H groups in total. The summed E-state index contributed by atoms with van der Waals surface area (Å²) in [5, 5.41) is 0. The third kappa shape index (κ3) is 2.30. The molecule has 0 radical (unpaired) electrons. The molecule has 0 amide bonds. The van der Waals surface area contributed by atoms with Gasteiger partial charge in [-0.05, 0) is 12.1 Å². The number of hydrogen-bond acceptors (Lipinski definition) is 3. The Balaban J connectivity index is 2.04. The van der Waals surface area contributed by atoms with Gasteiger partial charge in [-0.3, -0.25) is 0 Å². The van der Waals surface area contributed by atoms with E-state index in [4.69, 9.17) is 0 Å². The van der Waals surface area contributed by atoms with Crippen molar-refractivity contribution in [1.82, 2.24) is 9.55 Å². The van der Waals surface area contributed by atoms with Gasteiger partial charge in [0.1, 0.15) is 6.33 Å². The molecule has 0 aliphatic heterocycles. The quantitative estimate of drug-likeness (QED) is 0.388. The Bertz CT molecular complexity index is 909. The van der Waals surface area contributed by atoms with Crippen molar-refractivity contribution < 1.29 is 31.5 Å². The SMILES string of the molecule is O=C(Oc1c(F)c(F)c(F)c(F)c1F)n1cnc2ccccc21. The summed E-state index contributed by atoms with van der Waals surface area (Å²) < 4.78 is 71.2. The van der Waals surface area contributed by atoms with E-state index in [9.17, 15) is 26.7 Å². The molecule has 0 saturated heterocycles. The molecule has 0 atom stereocenters. The summed E-state index contributed by atoms with van der Waals surface area (Å²) >= 11 is 0. The van der Waals surface area contributed by atoms with Gasteiger partial charge >= 0.3 is 6.09 Å². The number of fused-ring (bicyclic) bond motifs is 1. The molecule has 0 saturated carbocycles. The Morgan fingerprint density at radius 3 is 2.13 bits per heavy atom. The van der Waals surface area contributed by atoms with Gasteiger partial charge in [0.25, 0.3) is 0 Å². The van der Waals surface area contributed by atoms with E-state index < -0.39 is 40.9 Å². The van der Waals surface area contributed by atoms with E-state index >= 15 is 0 Å². The molecule has 0 aliphatic carbocycles. The number of rotatable bonds is 1. The summed E-state index contributed by atoms with van der Waals surface area (Å²) in [7, 11) is 0. The van der Waals surface area contributed by atoms with E-state index in [0.29, 0.717) is 5.52 Å². The largest absolute Gasteiger partial charge is 0.425 e. The zero-order valence-corrected chi connectivity index (χ0v) is 11.0. The van der Waals surface area contributed by atoms with E-state index in [0.717, 1.165) is 10.9 Å². The lowest BCUT2D eigenvalue weighted by Crippen LogP contribution is -2.18. The summed E-state index contributed by atoms with van der Waals surface area (Å²) in [5.74, 6) is -12.9. The topological polar surface area (TPSA) is 44.1 Å². The van der Waals surface area contributed by atoms with Crippen molar-refractivity contribution >= 4 is 17.1 Å². The van der Waals surface area contributed by atoms with Crippen LogP contribution in [0.1, 0.15) is 0 Å². The first kappa shape index (κ1) is 14.9. The molecule has 0 aliphatic rings. The van der Waals surface area contributed by atoms with Crippen LogP contribution in [0.15, 0.2) is 30.6 Å². The van der Waals surface area contributed by atoms with Gasteiger partial charge in [-0.25, -0.2) is 27.5 Å². The van der Waals surface area contributed by atoms with Gasteiger partial charge in [0.2, 0.25) is 34.8 Å². The molecule has 9 heteroatoms. The summed E-state index contributed by atoms with van der Waals surface area (Å²) in [5.41, 5.74) is 0.614.